The van der Waals surface area contributed by atoms with Crippen LogP contribution in [0.5, 0.6) is 0 Å². The van der Waals surface area contributed by atoms with E-state index in [-0.39, 0.29) is 12.5 Å². The maximum Gasteiger partial charge on any atom is 0.259 e. The van der Waals surface area contributed by atoms with Crippen molar-refractivity contribution in [2.24, 2.45) is 5.10 Å². The zero-order valence-electron chi connectivity index (χ0n) is 18.1. The zero-order valence-corrected chi connectivity index (χ0v) is 18.9. The Morgan fingerprint density at radius 1 is 0.853 bits per heavy atom. The highest BCUT2D eigenvalue weighted by atomic mass is 35.5. The normalized spacial score (nSPS) is 11.0. The van der Waals surface area contributed by atoms with Crippen LogP contribution in [0, 0.1) is 0 Å². The molecular formula is C27H22ClN3O3. The van der Waals surface area contributed by atoms with Gasteiger partial charge in [0.05, 0.1) is 18.7 Å². The number of rotatable bonds is 8. The van der Waals surface area contributed by atoms with Gasteiger partial charge >= 0.3 is 0 Å². The molecule has 0 saturated heterocycles. The second-order valence-corrected chi connectivity index (χ2v) is 7.91. The van der Waals surface area contributed by atoms with E-state index in [0.29, 0.717) is 16.5 Å². The van der Waals surface area contributed by atoms with Crippen molar-refractivity contribution >= 4 is 29.6 Å². The molecule has 0 atom stereocenters. The first-order valence-corrected chi connectivity index (χ1v) is 11.0. The van der Waals surface area contributed by atoms with Gasteiger partial charge in [-0.25, -0.2) is 5.43 Å². The van der Waals surface area contributed by atoms with Gasteiger partial charge in [-0.2, -0.15) is 5.10 Å². The van der Waals surface area contributed by atoms with E-state index >= 15 is 0 Å². The molecule has 0 radical (unpaired) electrons. The van der Waals surface area contributed by atoms with Crippen molar-refractivity contribution in [2.75, 3.05) is 6.54 Å². The topological polar surface area (TPSA) is 83.7 Å². The number of nitrogens with zero attached hydrogens (tertiary/aromatic N) is 1. The first-order chi connectivity index (χ1) is 16.6. The molecule has 7 heteroatoms. The van der Waals surface area contributed by atoms with Gasteiger partial charge in [-0.05, 0) is 47.5 Å². The van der Waals surface area contributed by atoms with E-state index in [9.17, 15) is 9.59 Å². The molecule has 170 valence electrons. The van der Waals surface area contributed by atoms with Crippen LogP contribution < -0.4 is 10.7 Å². The maximum atomic E-state index is 12.9. The summed E-state index contributed by atoms with van der Waals surface area (Å²) in [4.78, 5) is 25.2. The Kier molecular flexibility index (Phi) is 7.53. The third-order valence-electron chi connectivity index (χ3n) is 5.09. The van der Waals surface area contributed by atoms with Crippen molar-refractivity contribution in [3.63, 3.8) is 0 Å². The number of carbonyl (C=O) groups is 2. The van der Waals surface area contributed by atoms with Crippen molar-refractivity contribution in [3.8, 4) is 11.3 Å². The van der Waals surface area contributed by atoms with Gasteiger partial charge in [0.15, 0.2) is 0 Å². The highest BCUT2D eigenvalue weighted by Crippen LogP contribution is 2.25. The van der Waals surface area contributed by atoms with E-state index in [2.05, 4.69) is 15.8 Å². The zero-order chi connectivity index (χ0) is 23.8. The van der Waals surface area contributed by atoms with Gasteiger partial charge in [-0.3, -0.25) is 9.59 Å². The molecule has 4 aromatic rings. The minimum atomic E-state index is -0.520. The fraction of sp³-hybridized carbons (Fsp3) is 0.0741. The molecule has 0 saturated carbocycles. The van der Waals surface area contributed by atoms with Crippen molar-refractivity contribution < 1.29 is 14.0 Å². The molecule has 0 aliphatic heterocycles. The largest absolute Gasteiger partial charge is 0.455 e. The molecule has 34 heavy (non-hydrogen) atoms. The summed E-state index contributed by atoms with van der Waals surface area (Å²) in [7, 11) is 0. The number of amides is 2. The Bertz CT molecular complexity index is 1230. The molecule has 1 aromatic heterocycles. The first kappa shape index (κ1) is 23.0. The molecule has 3 aromatic carbocycles. The highest BCUT2D eigenvalue weighted by Gasteiger charge is 2.22. The molecular weight excluding hydrogens is 450 g/mol. The van der Waals surface area contributed by atoms with E-state index in [0.717, 1.165) is 16.7 Å². The second-order valence-electron chi connectivity index (χ2n) is 7.47. The van der Waals surface area contributed by atoms with Crippen molar-refractivity contribution in [1.29, 1.82) is 0 Å². The van der Waals surface area contributed by atoms with Crippen molar-refractivity contribution in [2.45, 2.75) is 5.92 Å². The van der Waals surface area contributed by atoms with Gasteiger partial charge < -0.3 is 9.73 Å². The highest BCUT2D eigenvalue weighted by molar-refractivity contribution is 6.30. The number of nitrogens with one attached hydrogen (secondary N) is 2. The number of furan rings is 1. The predicted molar refractivity (Wildman–Crippen MR) is 133 cm³/mol. The van der Waals surface area contributed by atoms with Gasteiger partial charge in [0.1, 0.15) is 11.5 Å². The van der Waals surface area contributed by atoms with Crippen LogP contribution in [0.2, 0.25) is 5.02 Å². The van der Waals surface area contributed by atoms with E-state index < -0.39 is 11.8 Å². The molecule has 2 N–H and O–H groups in total. The molecule has 6 nitrogen and oxygen atoms in total. The fourth-order valence-electron chi connectivity index (χ4n) is 3.45. The summed E-state index contributed by atoms with van der Waals surface area (Å²) in [5, 5.41) is 7.25. The van der Waals surface area contributed by atoms with E-state index in [1.54, 1.807) is 24.3 Å². The van der Waals surface area contributed by atoms with Crippen molar-refractivity contribution in [1.82, 2.24) is 10.7 Å². The SMILES string of the molecule is O=C(CNC(=O)C(c1ccccc1)c1ccccc1)N/N=C/c1ccc(-c2ccc(Cl)cc2)o1. The van der Waals surface area contributed by atoms with Gasteiger partial charge in [0.2, 0.25) is 5.91 Å². The average Bonchev–Trinajstić information content (AvgIpc) is 3.34. The molecule has 2 amide bonds. The summed E-state index contributed by atoms with van der Waals surface area (Å²) in [5.74, 6) is -0.107. The monoisotopic (exact) mass is 471 g/mol. The number of carbonyl (C=O) groups excluding carboxylic acids is 2. The average molecular weight is 472 g/mol. The van der Waals surface area contributed by atoms with Gasteiger partial charge in [0.25, 0.3) is 5.91 Å². The third kappa shape index (κ3) is 5.99. The number of benzene rings is 3. The molecule has 4 rings (SSSR count). The summed E-state index contributed by atoms with van der Waals surface area (Å²) in [5.41, 5.74) is 4.97. The van der Waals surface area contributed by atoms with Crippen LogP contribution in [0.4, 0.5) is 0 Å². The summed E-state index contributed by atoms with van der Waals surface area (Å²) in [6, 6.07) is 29.7. The van der Waals surface area contributed by atoms with Crippen LogP contribution >= 0.6 is 11.6 Å². The number of hydrogen-bond acceptors (Lipinski definition) is 4. The number of hydrazone groups is 1. The Balaban J connectivity index is 1.33. The van der Waals surface area contributed by atoms with Crippen LogP contribution in [0.3, 0.4) is 0 Å². The fourth-order valence-corrected chi connectivity index (χ4v) is 3.58. The van der Waals surface area contributed by atoms with Crippen LogP contribution in [-0.2, 0) is 9.59 Å². The standard InChI is InChI=1S/C27H22ClN3O3/c28-22-13-11-19(12-14-22)24-16-15-23(34-24)17-30-31-25(32)18-29-27(33)26(20-7-3-1-4-8-20)21-9-5-2-6-10-21/h1-17,26H,18H2,(H,29,33)(H,31,32)/b30-17+. The lowest BCUT2D eigenvalue weighted by Crippen LogP contribution is -2.37. The molecule has 0 aliphatic carbocycles. The van der Waals surface area contributed by atoms with Gasteiger partial charge in [0, 0.05) is 10.6 Å². The molecule has 0 spiro atoms. The summed E-state index contributed by atoms with van der Waals surface area (Å²) >= 11 is 5.91. The van der Waals surface area contributed by atoms with Crippen LogP contribution in [0.1, 0.15) is 22.8 Å². The third-order valence-corrected chi connectivity index (χ3v) is 5.34. The minimum Gasteiger partial charge on any atom is -0.455 e. The lowest BCUT2D eigenvalue weighted by molar-refractivity contribution is -0.126. The molecule has 1 heterocycles. The molecule has 0 aliphatic rings. The van der Waals surface area contributed by atoms with Crippen molar-refractivity contribution in [3.05, 3.63) is 119 Å². The van der Waals surface area contributed by atoms with Gasteiger partial charge in [-0.1, -0.05) is 72.3 Å². The number of hydrogen-bond donors (Lipinski definition) is 2. The minimum absolute atomic E-state index is 0.208. The van der Waals surface area contributed by atoms with Crippen LogP contribution in [-0.4, -0.2) is 24.6 Å². The quantitative estimate of drug-likeness (QED) is 0.280. The Labute approximate surface area is 202 Å². The summed E-state index contributed by atoms with van der Waals surface area (Å²) in [6.07, 6.45) is 1.40. The first-order valence-electron chi connectivity index (χ1n) is 10.7. The van der Waals surface area contributed by atoms with E-state index in [1.165, 1.54) is 6.21 Å². The number of halogens is 1. The van der Waals surface area contributed by atoms with Crippen LogP contribution in [0.15, 0.2) is 107 Å². The smallest absolute Gasteiger partial charge is 0.259 e. The Hall–Kier alpha value is -4.16. The Morgan fingerprint density at radius 3 is 2.09 bits per heavy atom. The van der Waals surface area contributed by atoms with E-state index in [4.69, 9.17) is 16.0 Å². The van der Waals surface area contributed by atoms with Gasteiger partial charge in [-0.15, -0.1) is 0 Å². The lowest BCUT2D eigenvalue weighted by Gasteiger charge is -2.17. The molecule has 0 bridgehead atoms. The van der Waals surface area contributed by atoms with Crippen LogP contribution in [0.25, 0.3) is 11.3 Å². The molecule has 0 unspecified atom stereocenters. The summed E-state index contributed by atoms with van der Waals surface area (Å²) < 4.78 is 5.71. The maximum absolute atomic E-state index is 12.9. The predicted octanol–water partition coefficient (Wildman–Crippen LogP) is 5.00. The Morgan fingerprint density at radius 2 is 1.47 bits per heavy atom. The van der Waals surface area contributed by atoms with E-state index in [1.807, 2.05) is 72.8 Å². The second kappa shape index (κ2) is 11.1. The summed E-state index contributed by atoms with van der Waals surface area (Å²) in [6.45, 7) is -0.208. The molecule has 0 fully saturated rings. The lowest BCUT2D eigenvalue weighted by atomic mass is 9.90.